The molecule has 0 amide bonds. The van der Waals surface area contributed by atoms with E-state index in [0.29, 0.717) is 15.6 Å². The van der Waals surface area contributed by atoms with Gasteiger partial charge in [0.25, 0.3) is 0 Å². The number of piperidine rings is 1. The summed E-state index contributed by atoms with van der Waals surface area (Å²) in [7, 11) is 0. The second kappa shape index (κ2) is 7.44. The van der Waals surface area contributed by atoms with Crippen LogP contribution in [0, 0.1) is 17.2 Å². The number of aliphatic hydroxyl groups excluding tert-OH is 1. The molecule has 3 rings (SSSR count). The molecule has 0 radical (unpaired) electrons. The highest BCUT2D eigenvalue weighted by atomic mass is 35.5. The van der Waals surface area contributed by atoms with Gasteiger partial charge in [0.1, 0.15) is 6.07 Å². The summed E-state index contributed by atoms with van der Waals surface area (Å²) in [5, 5.41) is 21.2. The molecule has 1 atom stereocenters. The fourth-order valence-electron chi connectivity index (χ4n) is 3.30. The summed E-state index contributed by atoms with van der Waals surface area (Å²) in [5.74, 6) is 0.190. The summed E-state index contributed by atoms with van der Waals surface area (Å²) in [6.45, 7) is 1.54. The molecule has 0 bridgehead atoms. The van der Waals surface area contributed by atoms with Crippen LogP contribution in [0.25, 0.3) is 0 Å². The molecule has 2 aromatic carbocycles. The van der Waals surface area contributed by atoms with Gasteiger partial charge in [0.15, 0.2) is 0 Å². The molecule has 1 saturated heterocycles. The van der Waals surface area contributed by atoms with Crippen molar-refractivity contribution < 1.29 is 5.11 Å². The van der Waals surface area contributed by atoms with E-state index < -0.39 is 6.10 Å². The van der Waals surface area contributed by atoms with Crippen LogP contribution >= 0.6 is 23.2 Å². The maximum absolute atomic E-state index is 10.6. The normalized spacial score (nSPS) is 16.7. The Bertz CT molecular complexity index is 747. The third kappa shape index (κ3) is 3.52. The molecule has 0 spiro atoms. The third-order valence-corrected chi connectivity index (χ3v) is 5.18. The lowest BCUT2D eigenvalue weighted by molar-refractivity contribution is 0.0930. The maximum Gasteiger partial charge on any atom is 0.101 e. The molecule has 5 heteroatoms. The van der Waals surface area contributed by atoms with E-state index in [9.17, 15) is 10.4 Å². The first-order valence-electron chi connectivity index (χ1n) is 7.97. The van der Waals surface area contributed by atoms with E-state index in [-0.39, 0.29) is 5.92 Å². The van der Waals surface area contributed by atoms with E-state index in [1.807, 2.05) is 18.2 Å². The van der Waals surface area contributed by atoms with Crippen LogP contribution in [0.15, 0.2) is 42.5 Å². The van der Waals surface area contributed by atoms with Crippen molar-refractivity contribution in [2.45, 2.75) is 18.9 Å². The van der Waals surface area contributed by atoms with Crippen molar-refractivity contribution in [2.75, 3.05) is 18.0 Å². The zero-order valence-electron chi connectivity index (χ0n) is 13.1. The Morgan fingerprint density at radius 2 is 1.75 bits per heavy atom. The van der Waals surface area contributed by atoms with Gasteiger partial charge in [-0.05, 0) is 48.6 Å². The summed E-state index contributed by atoms with van der Waals surface area (Å²) in [5.41, 5.74) is 2.30. The van der Waals surface area contributed by atoms with E-state index in [1.165, 1.54) is 0 Å². The summed E-state index contributed by atoms with van der Waals surface area (Å²) in [4.78, 5) is 2.14. The quantitative estimate of drug-likeness (QED) is 0.853. The molecule has 0 aliphatic carbocycles. The van der Waals surface area contributed by atoms with Crippen LogP contribution in [0.4, 0.5) is 5.69 Å². The first-order chi connectivity index (χ1) is 11.6. The van der Waals surface area contributed by atoms with E-state index in [1.54, 1.807) is 24.3 Å². The number of hydrogen-bond acceptors (Lipinski definition) is 3. The van der Waals surface area contributed by atoms with Gasteiger partial charge in [-0.3, -0.25) is 0 Å². The summed E-state index contributed by atoms with van der Waals surface area (Å²) in [6, 6.07) is 15.0. The number of nitriles is 1. The van der Waals surface area contributed by atoms with Crippen LogP contribution in [0.5, 0.6) is 0 Å². The zero-order chi connectivity index (χ0) is 17.1. The molecule has 1 aliphatic heterocycles. The smallest absolute Gasteiger partial charge is 0.101 e. The third-order valence-electron chi connectivity index (χ3n) is 4.62. The number of rotatable bonds is 3. The van der Waals surface area contributed by atoms with Crippen LogP contribution in [0.3, 0.4) is 0 Å². The van der Waals surface area contributed by atoms with Crippen molar-refractivity contribution >= 4 is 28.9 Å². The molecular weight excluding hydrogens is 343 g/mol. The molecule has 1 N–H and O–H groups in total. The topological polar surface area (TPSA) is 47.3 Å². The van der Waals surface area contributed by atoms with Crippen molar-refractivity contribution in [3.8, 4) is 6.07 Å². The number of benzene rings is 2. The maximum atomic E-state index is 10.6. The van der Waals surface area contributed by atoms with Gasteiger partial charge in [0.05, 0.1) is 22.4 Å². The number of halogens is 2. The molecule has 1 aliphatic rings. The first-order valence-corrected chi connectivity index (χ1v) is 8.73. The van der Waals surface area contributed by atoms with Gasteiger partial charge in [-0.25, -0.2) is 0 Å². The van der Waals surface area contributed by atoms with Gasteiger partial charge < -0.3 is 10.0 Å². The molecule has 3 nitrogen and oxygen atoms in total. The molecule has 1 heterocycles. The molecule has 24 heavy (non-hydrogen) atoms. The average Bonchev–Trinajstić information content (AvgIpc) is 2.61. The standard InChI is InChI=1S/C19H18Cl2N2O/c20-16-6-4-13(5-7-16)19(24)14-8-10-23(11-9-14)18-15(12-22)2-1-3-17(18)21/h1-7,14,19,24H,8-11H2. The van der Waals surface area contributed by atoms with E-state index in [4.69, 9.17) is 23.2 Å². The predicted molar refractivity (Wildman–Crippen MR) is 97.5 cm³/mol. The fourth-order valence-corrected chi connectivity index (χ4v) is 3.72. The number of hydrogen-bond donors (Lipinski definition) is 1. The van der Waals surface area contributed by atoms with Crippen molar-refractivity contribution in [3.63, 3.8) is 0 Å². The van der Waals surface area contributed by atoms with Crippen molar-refractivity contribution in [2.24, 2.45) is 5.92 Å². The molecule has 124 valence electrons. The fraction of sp³-hybridized carbons (Fsp3) is 0.316. The zero-order valence-corrected chi connectivity index (χ0v) is 14.6. The van der Waals surface area contributed by atoms with Crippen LogP contribution in [0.2, 0.25) is 10.0 Å². The number of nitrogens with zero attached hydrogens (tertiary/aromatic N) is 2. The average molecular weight is 361 g/mol. The van der Waals surface area contributed by atoms with Crippen molar-refractivity contribution in [3.05, 3.63) is 63.6 Å². The highest BCUT2D eigenvalue weighted by Gasteiger charge is 2.28. The summed E-state index contributed by atoms with van der Waals surface area (Å²) in [6.07, 6.45) is 1.20. The predicted octanol–water partition coefficient (Wildman–Crippen LogP) is 4.82. The van der Waals surface area contributed by atoms with Crippen LogP contribution < -0.4 is 4.90 Å². The minimum Gasteiger partial charge on any atom is -0.388 e. The Labute approximate surface area is 152 Å². The minimum absolute atomic E-state index is 0.190. The molecular formula is C19H18Cl2N2O. The highest BCUT2D eigenvalue weighted by molar-refractivity contribution is 6.33. The van der Waals surface area contributed by atoms with Crippen LogP contribution in [0.1, 0.15) is 30.1 Å². The Morgan fingerprint density at radius 3 is 2.38 bits per heavy atom. The van der Waals surface area contributed by atoms with Gasteiger partial charge in [-0.15, -0.1) is 0 Å². The number of aliphatic hydroxyl groups is 1. The molecule has 0 aromatic heterocycles. The SMILES string of the molecule is N#Cc1cccc(Cl)c1N1CCC(C(O)c2ccc(Cl)cc2)CC1. The Balaban J connectivity index is 1.70. The van der Waals surface area contributed by atoms with Gasteiger partial charge >= 0.3 is 0 Å². The largest absolute Gasteiger partial charge is 0.388 e. The Morgan fingerprint density at radius 1 is 1.08 bits per heavy atom. The van der Waals surface area contributed by atoms with E-state index in [0.717, 1.165) is 37.2 Å². The second-order valence-electron chi connectivity index (χ2n) is 6.07. The van der Waals surface area contributed by atoms with Gasteiger partial charge in [-0.2, -0.15) is 5.26 Å². The summed E-state index contributed by atoms with van der Waals surface area (Å²) < 4.78 is 0. The molecule has 1 fully saturated rings. The molecule has 1 unspecified atom stereocenters. The minimum atomic E-state index is -0.494. The van der Waals surface area contributed by atoms with Gasteiger partial charge in [-0.1, -0.05) is 41.4 Å². The second-order valence-corrected chi connectivity index (χ2v) is 6.91. The number of anilines is 1. The van der Waals surface area contributed by atoms with Crippen molar-refractivity contribution in [1.29, 1.82) is 5.26 Å². The lowest BCUT2D eigenvalue weighted by Crippen LogP contribution is -2.36. The molecule has 2 aromatic rings. The van der Waals surface area contributed by atoms with E-state index in [2.05, 4.69) is 11.0 Å². The monoisotopic (exact) mass is 360 g/mol. The van der Waals surface area contributed by atoms with E-state index >= 15 is 0 Å². The lowest BCUT2D eigenvalue weighted by atomic mass is 9.87. The summed E-state index contributed by atoms with van der Waals surface area (Å²) >= 11 is 12.2. The van der Waals surface area contributed by atoms with Gasteiger partial charge in [0.2, 0.25) is 0 Å². The number of para-hydroxylation sites is 1. The van der Waals surface area contributed by atoms with Gasteiger partial charge in [0, 0.05) is 18.1 Å². The lowest BCUT2D eigenvalue weighted by Gasteiger charge is -2.36. The van der Waals surface area contributed by atoms with Crippen LogP contribution in [-0.2, 0) is 0 Å². The Kier molecular flexibility index (Phi) is 5.30. The molecule has 0 saturated carbocycles. The highest BCUT2D eigenvalue weighted by Crippen LogP contribution is 2.36. The first kappa shape index (κ1) is 17.1. The van der Waals surface area contributed by atoms with Crippen molar-refractivity contribution in [1.82, 2.24) is 0 Å². The van der Waals surface area contributed by atoms with Crippen LogP contribution in [-0.4, -0.2) is 18.2 Å². The Hall–Kier alpha value is -1.73.